The quantitative estimate of drug-likeness (QED) is 0.249. The maximum Gasteiger partial charge on any atom is 0.310 e. The number of thiophene rings is 1. The summed E-state index contributed by atoms with van der Waals surface area (Å²) in [4.78, 5) is 12.5. The summed E-state index contributed by atoms with van der Waals surface area (Å²) in [5, 5.41) is 5.19. The molecule has 160 valence electrons. The molecule has 0 N–H and O–H groups in total. The largest absolute Gasteiger partial charge is 0.466 e. The molecule has 5 aromatic rings. The Kier molecular flexibility index (Phi) is 5.73. The second-order valence-electron chi connectivity index (χ2n) is 7.68. The summed E-state index contributed by atoms with van der Waals surface area (Å²) in [6.07, 6.45) is 0.238. The number of fused-ring (bicyclic) bond motifs is 2. The molecule has 0 fully saturated rings. The molecule has 0 bridgehead atoms. The van der Waals surface area contributed by atoms with Gasteiger partial charge in [-0.1, -0.05) is 60.1 Å². The first kappa shape index (κ1) is 20.8. The highest BCUT2D eigenvalue weighted by Crippen LogP contribution is 2.37. The second kappa shape index (κ2) is 8.81. The van der Waals surface area contributed by atoms with Crippen molar-refractivity contribution in [2.75, 3.05) is 6.61 Å². The van der Waals surface area contributed by atoms with E-state index in [0.29, 0.717) is 13.2 Å². The van der Waals surface area contributed by atoms with Crippen LogP contribution in [-0.2, 0) is 22.5 Å². The van der Waals surface area contributed by atoms with Crippen molar-refractivity contribution in [1.82, 2.24) is 4.57 Å². The van der Waals surface area contributed by atoms with E-state index < -0.39 is 0 Å². The number of ether oxygens (including phenoxy) is 1. The molecule has 0 atom stereocenters. The SMILES string of the molecule is CCOC(=O)Cc1c(-c2ccccc2)n(Cc2csc3ccc(Cl)cc23)c2ccccc12. The summed E-state index contributed by atoms with van der Waals surface area (Å²) in [6.45, 7) is 2.90. The molecule has 0 saturated heterocycles. The summed E-state index contributed by atoms with van der Waals surface area (Å²) in [5.74, 6) is -0.208. The molecule has 0 unspecified atom stereocenters. The number of rotatable bonds is 6. The van der Waals surface area contributed by atoms with Gasteiger partial charge in [-0.3, -0.25) is 4.79 Å². The first-order valence-electron chi connectivity index (χ1n) is 10.6. The van der Waals surface area contributed by atoms with Crippen LogP contribution in [0.1, 0.15) is 18.1 Å². The van der Waals surface area contributed by atoms with E-state index in [4.69, 9.17) is 16.3 Å². The Morgan fingerprint density at radius 2 is 1.78 bits per heavy atom. The van der Waals surface area contributed by atoms with E-state index in [0.717, 1.165) is 32.7 Å². The summed E-state index contributed by atoms with van der Waals surface area (Å²) in [7, 11) is 0. The lowest BCUT2D eigenvalue weighted by Gasteiger charge is -2.13. The number of carbonyl (C=O) groups excluding carboxylic acids is 1. The van der Waals surface area contributed by atoms with Crippen molar-refractivity contribution >= 4 is 49.9 Å². The fourth-order valence-corrected chi connectivity index (χ4v) is 5.45. The molecule has 0 aliphatic rings. The van der Waals surface area contributed by atoms with Crippen molar-refractivity contribution in [3.05, 3.63) is 94.3 Å². The third-order valence-electron chi connectivity index (χ3n) is 5.69. The van der Waals surface area contributed by atoms with Gasteiger partial charge in [0.05, 0.1) is 18.7 Å². The van der Waals surface area contributed by atoms with Gasteiger partial charge in [0.15, 0.2) is 0 Å². The smallest absolute Gasteiger partial charge is 0.310 e. The van der Waals surface area contributed by atoms with E-state index in [2.05, 4.69) is 40.3 Å². The maximum atomic E-state index is 12.5. The van der Waals surface area contributed by atoms with E-state index in [9.17, 15) is 4.79 Å². The van der Waals surface area contributed by atoms with E-state index >= 15 is 0 Å². The van der Waals surface area contributed by atoms with Crippen LogP contribution in [0.5, 0.6) is 0 Å². The molecule has 5 heteroatoms. The third-order valence-corrected chi connectivity index (χ3v) is 6.94. The Bertz CT molecular complexity index is 1420. The molecule has 5 rings (SSSR count). The minimum atomic E-state index is -0.208. The van der Waals surface area contributed by atoms with Gasteiger partial charge in [0.2, 0.25) is 0 Å². The van der Waals surface area contributed by atoms with Crippen molar-refractivity contribution in [3.63, 3.8) is 0 Å². The Morgan fingerprint density at radius 3 is 2.59 bits per heavy atom. The molecule has 0 aliphatic carbocycles. The van der Waals surface area contributed by atoms with Gasteiger partial charge < -0.3 is 9.30 Å². The Labute approximate surface area is 195 Å². The summed E-state index contributed by atoms with van der Waals surface area (Å²) < 4.78 is 8.85. The van der Waals surface area contributed by atoms with Crippen LogP contribution in [0.2, 0.25) is 5.02 Å². The number of para-hydroxylation sites is 1. The normalized spacial score (nSPS) is 11.3. The summed E-state index contributed by atoms with van der Waals surface area (Å²) >= 11 is 8.04. The van der Waals surface area contributed by atoms with Gasteiger partial charge in [0, 0.05) is 27.2 Å². The van der Waals surface area contributed by atoms with Crippen molar-refractivity contribution in [3.8, 4) is 11.3 Å². The lowest BCUT2D eigenvalue weighted by Crippen LogP contribution is -2.09. The first-order chi connectivity index (χ1) is 15.7. The van der Waals surface area contributed by atoms with Gasteiger partial charge in [-0.25, -0.2) is 0 Å². The molecule has 0 spiro atoms. The number of benzene rings is 3. The molecule has 0 radical (unpaired) electrons. The van der Waals surface area contributed by atoms with Crippen LogP contribution >= 0.6 is 22.9 Å². The number of aromatic nitrogens is 1. The minimum Gasteiger partial charge on any atom is -0.466 e. The average molecular weight is 460 g/mol. The highest BCUT2D eigenvalue weighted by atomic mass is 35.5. The van der Waals surface area contributed by atoms with Gasteiger partial charge in [-0.05, 0) is 58.6 Å². The van der Waals surface area contributed by atoms with E-state index in [1.807, 2.05) is 49.4 Å². The van der Waals surface area contributed by atoms with Crippen LogP contribution in [0.15, 0.2) is 78.2 Å². The van der Waals surface area contributed by atoms with Gasteiger partial charge in [-0.2, -0.15) is 0 Å². The zero-order valence-corrected chi connectivity index (χ0v) is 19.2. The number of halogens is 1. The molecule has 0 aliphatic heterocycles. The summed E-state index contributed by atoms with van der Waals surface area (Å²) in [6, 6.07) is 24.6. The van der Waals surface area contributed by atoms with Gasteiger partial charge >= 0.3 is 5.97 Å². The standard InChI is InChI=1S/C27H22ClNO2S/c1-2-31-26(30)15-23-21-10-6-7-11-24(21)29(27(23)18-8-4-3-5-9-18)16-19-17-32-25-13-12-20(28)14-22(19)25/h3-14,17H,2,15-16H2,1H3. The van der Waals surface area contributed by atoms with Gasteiger partial charge in [0.1, 0.15) is 0 Å². The molecular weight excluding hydrogens is 438 g/mol. The molecular formula is C27H22ClNO2S. The van der Waals surface area contributed by atoms with Crippen LogP contribution < -0.4 is 0 Å². The second-order valence-corrected chi connectivity index (χ2v) is 9.03. The van der Waals surface area contributed by atoms with Crippen LogP contribution in [0.25, 0.3) is 32.2 Å². The van der Waals surface area contributed by atoms with Crippen molar-refractivity contribution in [2.45, 2.75) is 19.9 Å². The zero-order chi connectivity index (χ0) is 22.1. The lowest BCUT2D eigenvalue weighted by molar-refractivity contribution is -0.142. The van der Waals surface area contributed by atoms with Crippen LogP contribution in [0, 0.1) is 0 Å². The monoisotopic (exact) mass is 459 g/mol. The predicted octanol–water partition coefficient (Wildman–Crippen LogP) is 7.33. The predicted molar refractivity (Wildman–Crippen MR) is 134 cm³/mol. The van der Waals surface area contributed by atoms with Gasteiger partial charge in [-0.15, -0.1) is 11.3 Å². The third kappa shape index (κ3) is 3.81. The maximum absolute atomic E-state index is 12.5. The van der Waals surface area contributed by atoms with E-state index in [-0.39, 0.29) is 12.4 Å². The van der Waals surface area contributed by atoms with Crippen molar-refractivity contribution < 1.29 is 9.53 Å². The number of carbonyl (C=O) groups is 1. The van der Waals surface area contributed by atoms with Crippen LogP contribution in [0.4, 0.5) is 0 Å². The molecule has 2 heterocycles. The first-order valence-corrected chi connectivity index (χ1v) is 11.9. The number of hydrogen-bond donors (Lipinski definition) is 0. The minimum absolute atomic E-state index is 0.208. The molecule has 3 nitrogen and oxygen atoms in total. The average Bonchev–Trinajstić information content (AvgIpc) is 3.34. The van der Waals surface area contributed by atoms with Crippen LogP contribution in [0.3, 0.4) is 0 Å². The fraction of sp³-hybridized carbons (Fsp3) is 0.148. The molecule has 2 aromatic heterocycles. The summed E-state index contributed by atoms with van der Waals surface area (Å²) in [5.41, 5.74) is 5.46. The molecule has 3 aromatic carbocycles. The zero-order valence-electron chi connectivity index (χ0n) is 17.7. The number of esters is 1. The highest BCUT2D eigenvalue weighted by molar-refractivity contribution is 7.17. The molecule has 32 heavy (non-hydrogen) atoms. The number of hydrogen-bond acceptors (Lipinski definition) is 3. The fourth-order valence-electron chi connectivity index (χ4n) is 4.35. The van der Waals surface area contributed by atoms with E-state index in [1.54, 1.807) is 11.3 Å². The molecule has 0 saturated carbocycles. The van der Waals surface area contributed by atoms with Gasteiger partial charge in [0.25, 0.3) is 0 Å². The lowest BCUT2D eigenvalue weighted by atomic mass is 10.0. The Morgan fingerprint density at radius 1 is 1.00 bits per heavy atom. The van der Waals surface area contributed by atoms with E-state index in [1.165, 1.54) is 15.6 Å². The van der Waals surface area contributed by atoms with Crippen molar-refractivity contribution in [1.29, 1.82) is 0 Å². The topological polar surface area (TPSA) is 31.2 Å². The number of nitrogens with zero attached hydrogens (tertiary/aromatic N) is 1. The van der Waals surface area contributed by atoms with Crippen molar-refractivity contribution in [2.24, 2.45) is 0 Å². The Balaban J connectivity index is 1.74. The molecule has 0 amide bonds. The highest BCUT2D eigenvalue weighted by Gasteiger charge is 2.22. The Hall–Kier alpha value is -3.08. The van der Waals surface area contributed by atoms with Crippen LogP contribution in [-0.4, -0.2) is 17.1 Å².